The average Bonchev–Trinajstić information content (AvgIpc) is 3.65. The van der Waals surface area contributed by atoms with E-state index in [2.05, 4.69) is 14.2 Å². The number of rotatable bonds is 8. The van der Waals surface area contributed by atoms with Gasteiger partial charge in [-0.15, -0.1) is 0 Å². The largest absolute Gasteiger partial charge is 0.467 e. The maximum atomic E-state index is 11.6. The number of carbonyl (C=O) groups is 5. The van der Waals surface area contributed by atoms with E-state index in [9.17, 15) is 24.0 Å². The SMILES string of the molecule is C.COC(=O)[C@H]1COC(C)(C)O1.COC(=O)[C@H]1COC(COC(=O)c2ccccc2)O1.O=CCOC(=O)c1ccccc1. The Balaban J connectivity index is 0.000000336. The standard InChI is InChI=1S/C13H14O6.C9H8O3.C7H12O4.CH4/c1-16-13(15)10-7-17-11(19-10)8-18-12(14)9-5-3-2-4-6-9;10-6-7-12-9(11)8-4-2-1-3-5-8;1-7(2)10-4-5(11-7)6(8)9-3;/h2-6,10-11H,7-8H2,1H3;1-6H,7H2;5H,4H2,1-3H3;1H4/t10-,11?;;5-;/m1.1./s1. The Morgan fingerprint density at radius 1 is 0.814 bits per heavy atom. The summed E-state index contributed by atoms with van der Waals surface area (Å²) >= 11 is 0. The van der Waals surface area contributed by atoms with Gasteiger partial charge in [0, 0.05) is 0 Å². The topological polar surface area (TPSA) is 159 Å². The zero-order valence-corrected chi connectivity index (χ0v) is 23.7. The van der Waals surface area contributed by atoms with Crippen LogP contribution in [0.25, 0.3) is 0 Å². The molecule has 2 saturated heterocycles. The van der Waals surface area contributed by atoms with Crippen molar-refractivity contribution in [1.29, 1.82) is 0 Å². The molecule has 0 amide bonds. The van der Waals surface area contributed by atoms with E-state index >= 15 is 0 Å². The minimum absolute atomic E-state index is 0. The smallest absolute Gasteiger partial charge is 0.338 e. The molecule has 43 heavy (non-hydrogen) atoms. The lowest BCUT2D eigenvalue weighted by Gasteiger charge is -2.15. The molecule has 0 aliphatic carbocycles. The van der Waals surface area contributed by atoms with Gasteiger partial charge < -0.3 is 37.9 Å². The number of carbonyl (C=O) groups excluding carboxylic acids is 5. The number of methoxy groups -OCH3 is 2. The van der Waals surface area contributed by atoms with Crippen LogP contribution in [0.4, 0.5) is 0 Å². The zero-order chi connectivity index (χ0) is 31.0. The van der Waals surface area contributed by atoms with Gasteiger partial charge in [0.15, 0.2) is 30.6 Å². The second kappa shape index (κ2) is 19.1. The maximum absolute atomic E-state index is 11.6. The summed E-state index contributed by atoms with van der Waals surface area (Å²) in [7, 11) is 2.60. The molecule has 236 valence electrons. The predicted molar refractivity (Wildman–Crippen MR) is 150 cm³/mol. The van der Waals surface area contributed by atoms with E-state index < -0.39 is 42.2 Å². The van der Waals surface area contributed by atoms with Crippen molar-refractivity contribution >= 4 is 30.2 Å². The van der Waals surface area contributed by atoms with E-state index in [0.29, 0.717) is 17.4 Å². The van der Waals surface area contributed by atoms with Crippen molar-refractivity contribution in [3.05, 3.63) is 71.8 Å². The summed E-state index contributed by atoms with van der Waals surface area (Å²) in [6, 6.07) is 17.1. The minimum Gasteiger partial charge on any atom is -0.467 e. The van der Waals surface area contributed by atoms with Gasteiger partial charge in [-0.05, 0) is 38.1 Å². The normalized spacial score (nSPS) is 19.5. The van der Waals surface area contributed by atoms with Gasteiger partial charge in [0.2, 0.25) is 0 Å². The molecule has 0 spiro atoms. The van der Waals surface area contributed by atoms with Crippen molar-refractivity contribution in [1.82, 2.24) is 0 Å². The van der Waals surface area contributed by atoms with E-state index in [-0.39, 0.29) is 39.8 Å². The van der Waals surface area contributed by atoms with Crippen LogP contribution in [0.5, 0.6) is 0 Å². The van der Waals surface area contributed by atoms with E-state index in [1.165, 1.54) is 14.2 Å². The molecule has 1 unspecified atom stereocenters. The lowest BCUT2D eigenvalue weighted by atomic mass is 10.2. The highest BCUT2D eigenvalue weighted by Crippen LogP contribution is 2.22. The Morgan fingerprint density at radius 3 is 1.79 bits per heavy atom. The van der Waals surface area contributed by atoms with Crippen LogP contribution in [0.1, 0.15) is 42.0 Å². The van der Waals surface area contributed by atoms with E-state index in [1.54, 1.807) is 74.5 Å². The van der Waals surface area contributed by atoms with E-state index in [4.69, 9.17) is 23.7 Å². The summed E-state index contributed by atoms with van der Waals surface area (Å²) in [5, 5.41) is 0. The van der Waals surface area contributed by atoms with Crippen LogP contribution in [-0.2, 0) is 52.3 Å². The third-order valence-corrected chi connectivity index (χ3v) is 5.34. The third kappa shape index (κ3) is 13.1. The van der Waals surface area contributed by atoms with Crippen molar-refractivity contribution in [2.24, 2.45) is 0 Å². The molecule has 13 heteroatoms. The van der Waals surface area contributed by atoms with Crippen LogP contribution in [0.2, 0.25) is 0 Å². The van der Waals surface area contributed by atoms with Crippen LogP contribution in [0, 0.1) is 0 Å². The van der Waals surface area contributed by atoms with Gasteiger partial charge in [0.05, 0.1) is 38.6 Å². The Morgan fingerprint density at radius 2 is 1.33 bits per heavy atom. The lowest BCUT2D eigenvalue weighted by Crippen LogP contribution is -2.27. The van der Waals surface area contributed by atoms with Crippen molar-refractivity contribution < 1.29 is 61.9 Å². The van der Waals surface area contributed by atoms with Crippen molar-refractivity contribution in [3.63, 3.8) is 0 Å². The molecule has 2 heterocycles. The van der Waals surface area contributed by atoms with Crippen molar-refractivity contribution in [3.8, 4) is 0 Å². The number of aldehydes is 1. The average molecular weight is 607 g/mol. The second-order valence-corrected chi connectivity index (χ2v) is 8.85. The Hall–Kier alpha value is -4.17. The molecular weight excluding hydrogens is 568 g/mol. The van der Waals surface area contributed by atoms with Crippen LogP contribution in [-0.4, -0.2) is 95.1 Å². The fourth-order valence-electron chi connectivity index (χ4n) is 3.30. The first kappa shape index (κ1) is 36.9. The minimum atomic E-state index is -0.759. The van der Waals surface area contributed by atoms with Crippen LogP contribution in [0.15, 0.2) is 60.7 Å². The van der Waals surface area contributed by atoms with Gasteiger partial charge in [-0.2, -0.15) is 0 Å². The van der Waals surface area contributed by atoms with Crippen LogP contribution >= 0.6 is 0 Å². The van der Waals surface area contributed by atoms with Crippen molar-refractivity contribution in [2.75, 3.05) is 40.6 Å². The van der Waals surface area contributed by atoms with Gasteiger partial charge in [0.25, 0.3) is 0 Å². The highest BCUT2D eigenvalue weighted by Gasteiger charge is 2.37. The molecule has 4 rings (SSSR count). The first-order chi connectivity index (χ1) is 20.1. The molecule has 0 aromatic heterocycles. The molecule has 2 fully saturated rings. The zero-order valence-electron chi connectivity index (χ0n) is 23.7. The van der Waals surface area contributed by atoms with Gasteiger partial charge >= 0.3 is 23.9 Å². The number of hydrogen-bond acceptors (Lipinski definition) is 13. The summed E-state index contributed by atoms with van der Waals surface area (Å²) in [5.41, 5.74) is 0.907. The summed E-state index contributed by atoms with van der Waals surface area (Å²) in [6.07, 6.45) is -1.52. The maximum Gasteiger partial charge on any atom is 0.338 e. The van der Waals surface area contributed by atoms with Gasteiger partial charge in [-0.25, -0.2) is 19.2 Å². The molecule has 3 atom stereocenters. The first-order valence-electron chi connectivity index (χ1n) is 12.7. The van der Waals surface area contributed by atoms with Gasteiger partial charge in [0.1, 0.15) is 13.2 Å². The number of benzene rings is 2. The Kier molecular flexibility index (Phi) is 16.4. The summed E-state index contributed by atoms with van der Waals surface area (Å²) < 4.78 is 39.4. The van der Waals surface area contributed by atoms with E-state index in [1.807, 2.05) is 0 Å². The molecule has 13 nitrogen and oxygen atoms in total. The molecule has 0 N–H and O–H groups in total. The summed E-state index contributed by atoms with van der Waals surface area (Å²) in [6.45, 7) is 3.64. The quantitative estimate of drug-likeness (QED) is 0.245. The number of esters is 4. The van der Waals surface area contributed by atoms with E-state index in [0.717, 1.165) is 0 Å². The third-order valence-electron chi connectivity index (χ3n) is 5.34. The number of hydrogen-bond donors (Lipinski definition) is 0. The molecule has 0 radical (unpaired) electrons. The monoisotopic (exact) mass is 606 g/mol. The Bertz CT molecular complexity index is 1150. The molecule has 2 aromatic carbocycles. The van der Waals surface area contributed by atoms with Gasteiger partial charge in [-0.3, -0.25) is 4.79 Å². The van der Waals surface area contributed by atoms with Crippen LogP contribution < -0.4 is 0 Å². The van der Waals surface area contributed by atoms with Crippen molar-refractivity contribution in [2.45, 2.75) is 45.6 Å². The molecule has 0 bridgehead atoms. The second-order valence-electron chi connectivity index (χ2n) is 8.85. The first-order valence-corrected chi connectivity index (χ1v) is 12.7. The predicted octanol–water partition coefficient (Wildman–Crippen LogP) is 2.75. The highest BCUT2D eigenvalue weighted by atomic mass is 16.8. The molecule has 2 aromatic rings. The fourth-order valence-corrected chi connectivity index (χ4v) is 3.30. The molecule has 0 saturated carbocycles. The molecular formula is C30H38O13. The Labute approximate surface area is 250 Å². The highest BCUT2D eigenvalue weighted by molar-refractivity contribution is 5.90. The fraction of sp³-hybridized carbons (Fsp3) is 0.433. The van der Waals surface area contributed by atoms with Crippen LogP contribution in [0.3, 0.4) is 0 Å². The van der Waals surface area contributed by atoms with Gasteiger partial charge in [-0.1, -0.05) is 43.8 Å². The molecule has 2 aliphatic rings. The lowest BCUT2D eigenvalue weighted by molar-refractivity contribution is -0.167. The summed E-state index contributed by atoms with van der Waals surface area (Å²) in [5.74, 6) is -2.47. The molecule has 2 aliphatic heterocycles. The summed E-state index contributed by atoms with van der Waals surface area (Å²) in [4.78, 5) is 54.6. The number of ether oxygens (including phenoxy) is 8.